The molecule has 1 aliphatic rings. The maximum Gasteiger partial charge on any atom is 0.322 e. The van der Waals surface area contributed by atoms with Gasteiger partial charge in [0.2, 0.25) is 0 Å². The number of nitrogens with zero attached hydrogens (tertiary/aromatic N) is 2. The number of benzene rings is 1. The SMILES string of the molecule is CC[C@H]1C=CCN1C(=O)Nc1ccc2c(c1)cc(C)n2CCOC. The van der Waals surface area contributed by atoms with Crippen molar-refractivity contribution >= 4 is 22.6 Å². The second kappa shape index (κ2) is 7.09. The molecule has 0 bridgehead atoms. The number of ether oxygens (including phenoxy) is 1. The zero-order valence-electron chi connectivity index (χ0n) is 14.6. The van der Waals surface area contributed by atoms with Gasteiger partial charge in [0.1, 0.15) is 0 Å². The minimum atomic E-state index is -0.0401. The van der Waals surface area contributed by atoms with E-state index in [1.807, 2.05) is 17.0 Å². The van der Waals surface area contributed by atoms with Crippen molar-refractivity contribution in [1.82, 2.24) is 9.47 Å². The second-order valence-corrected chi connectivity index (χ2v) is 6.19. The van der Waals surface area contributed by atoms with E-state index in [1.54, 1.807) is 7.11 Å². The summed E-state index contributed by atoms with van der Waals surface area (Å²) in [5, 5.41) is 4.16. The Morgan fingerprint density at radius 3 is 2.96 bits per heavy atom. The molecule has 0 aliphatic carbocycles. The molecule has 0 unspecified atom stereocenters. The summed E-state index contributed by atoms with van der Waals surface area (Å²) in [7, 11) is 1.71. The first-order valence-electron chi connectivity index (χ1n) is 8.47. The Morgan fingerprint density at radius 2 is 2.21 bits per heavy atom. The highest BCUT2D eigenvalue weighted by molar-refractivity contribution is 5.93. The first kappa shape index (κ1) is 16.6. The molecule has 1 aliphatic heterocycles. The van der Waals surface area contributed by atoms with Crippen molar-refractivity contribution in [2.75, 3.05) is 25.6 Å². The molecule has 0 spiro atoms. The van der Waals surface area contributed by atoms with E-state index in [-0.39, 0.29) is 12.1 Å². The lowest BCUT2D eigenvalue weighted by atomic mass is 10.2. The number of hydrogen-bond acceptors (Lipinski definition) is 2. The third-order valence-corrected chi connectivity index (χ3v) is 4.62. The van der Waals surface area contributed by atoms with Crippen LogP contribution in [0.3, 0.4) is 0 Å². The van der Waals surface area contributed by atoms with Gasteiger partial charge in [-0.15, -0.1) is 0 Å². The topological polar surface area (TPSA) is 46.5 Å². The Morgan fingerprint density at radius 1 is 1.38 bits per heavy atom. The number of aromatic nitrogens is 1. The lowest BCUT2D eigenvalue weighted by molar-refractivity contribution is 0.188. The Kier molecular flexibility index (Phi) is 4.90. The number of nitrogens with one attached hydrogen (secondary N) is 1. The Hall–Kier alpha value is -2.27. The van der Waals surface area contributed by atoms with Crippen LogP contribution >= 0.6 is 0 Å². The van der Waals surface area contributed by atoms with Gasteiger partial charge < -0.3 is 19.5 Å². The van der Waals surface area contributed by atoms with Gasteiger partial charge in [0.25, 0.3) is 0 Å². The van der Waals surface area contributed by atoms with E-state index in [4.69, 9.17) is 4.74 Å². The summed E-state index contributed by atoms with van der Waals surface area (Å²) in [6.45, 7) is 6.38. The van der Waals surface area contributed by atoms with Gasteiger partial charge in [0.05, 0.1) is 12.6 Å². The number of aryl methyl sites for hydroxylation is 1. The lowest BCUT2D eigenvalue weighted by Crippen LogP contribution is -2.38. The highest BCUT2D eigenvalue weighted by Gasteiger charge is 2.23. The van der Waals surface area contributed by atoms with Gasteiger partial charge in [-0.1, -0.05) is 19.1 Å². The number of rotatable bonds is 5. The fourth-order valence-corrected chi connectivity index (χ4v) is 3.32. The van der Waals surface area contributed by atoms with E-state index >= 15 is 0 Å². The molecular formula is C19H25N3O2. The number of anilines is 1. The van der Waals surface area contributed by atoms with Crippen LogP contribution in [0.4, 0.5) is 10.5 Å². The van der Waals surface area contributed by atoms with Crippen molar-refractivity contribution in [1.29, 1.82) is 0 Å². The van der Waals surface area contributed by atoms with Crippen molar-refractivity contribution in [3.8, 4) is 0 Å². The Balaban J connectivity index is 1.77. The van der Waals surface area contributed by atoms with Crippen molar-refractivity contribution in [2.24, 2.45) is 0 Å². The summed E-state index contributed by atoms with van der Waals surface area (Å²) in [5.41, 5.74) is 3.19. The Labute approximate surface area is 142 Å². The summed E-state index contributed by atoms with van der Waals surface area (Å²) in [6, 6.07) is 8.37. The molecule has 0 radical (unpaired) electrons. The maximum atomic E-state index is 12.5. The van der Waals surface area contributed by atoms with Crippen LogP contribution in [0.15, 0.2) is 36.4 Å². The van der Waals surface area contributed by atoms with Gasteiger partial charge in [-0.05, 0) is 37.6 Å². The summed E-state index contributed by atoms with van der Waals surface area (Å²) >= 11 is 0. The first-order valence-corrected chi connectivity index (χ1v) is 8.47. The zero-order valence-corrected chi connectivity index (χ0v) is 14.6. The number of hydrogen-bond donors (Lipinski definition) is 1. The van der Waals surface area contributed by atoms with Crippen LogP contribution in [0.25, 0.3) is 10.9 Å². The molecule has 1 aromatic heterocycles. The number of fused-ring (bicyclic) bond motifs is 1. The zero-order chi connectivity index (χ0) is 17.1. The molecule has 1 atom stereocenters. The molecule has 1 aromatic carbocycles. The van der Waals surface area contributed by atoms with Crippen LogP contribution in [-0.4, -0.2) is 41.8 Å². The van der Waals surface area contributed by atoms with Crippen LogP contribution < -0.4 is 5.32 Å². The monoisotopic (exact) mass is 327 g/mol. The van der Waals surface area contributed by atoms with E-state index < -0.39 is 0 Å². The molecule has 2 aromatic rings. The molecule has 3 rings (SSSR count). The Bertz CT molecular complexity index is 763. The normalized spacial score (nSPS) is 17.0. The maximum absolute atomic E-state index is 12.5. The highest BCUT2D eigenvalue weighted by Crippen LogP contribution is 2.24. The molecular weight excluding hydrogens is 302 g/mol. The fraction of sp³-hybridized carbons (Fsp3) is 0.421. The van der Waals surface area contributed by atoms with Gasteiger partial charge in [-0.2, -0.15) is 0 Å². The van der Waals surface area contributed by atoms with Crippen LogP contribution in [0, 0.1) is 6.92 Å². The molecule has 5 nitrogen and oxygen atoms in total. The van der Waals surface area contributed by atoms with Crippen molar-refractivity contribution in [2.45, 2.75) is 32.9 Å². The smallest absolute Gasteiger partial charge is 0.322 e. The van der Waals surface area contributed by atoms with Gasteiger partial charge in [0.15, 0.2) is 0 Å². The predicted octanol–water partition coefficient (Wildman–Crippen LogP) is 3.78. The van der Waals surface area contributed by atoms with Crippen molar-refractivity contribution in [3.05, 3.63) is 42.1 Å². The largest absolute Gasteiger partial charge is 0.383 e. The molecule has 2 amide bonds. The molecule has 5 heteroatoms. The van der Waals surface area contributed by atoms with E-state index in [0.29, 0.717) is 13.2 Å². The lowest BCUT2D eigenvalue weighted by Gasteiger charge is -2.23. The minimum Gasteiger partial charge on any atom is -0.383 e. The van der Waals surface area contributed by atoms with E-state index in [9.17, 15) is 4.79 Å². The molecule has 128 valence electrons. The third-order valence-electron chi connectivity index (χ3n) is 4.62. The van der Waals surface area contributed by atoms with Gasteiger partial charge in [-0.25, -0.2) is 4.79 Å². The summed E-state index contributed by atoms with van der Waals surface area (Å²) in [6.07, 6.45) is 5.09. The van der Waals surface area contributed by atoms with Crippen LogP contribution in [0.2, 0.25) is 0 Å². The molecule has 1 N–H and O–H groups in total. The second-order valence-electron chi connectivity index (χ2n) is 6.19. The highest BCUT2D eigenvalue weighted by atomic mass is 16.5. The fourth-order valence-electron chi connectivity index (χ4n) is 3.32. The van der Waals surface area contributed by atoms with Gasteiger partial charge >= 0.3 is 6.03 Å². The van der Waals surface area contributed by atoms with Gasteiger partial charge in [-0.3, -0.25) is 0 Å². The summed E-state index contributed by atoms with van der Waals surface area (Å²) in [4.78, 5) is 14.3. The number of methoxy groups -OCH3 is 1. The summed E-state index contributed by atoms with van der Waals surface area (Å²) < 4.78 is 7.42. The minimum absolute atomic E-state index is 0.0401. The van der Waals surface area contributed by atoms with Crippen LogP contribution in [0.1, 0.15) is 19.0 Å². The molecule has 24 heavy (non-hydrogen) atoms. The number of carbonyl (C=O) groups is 1. The van der Waals surface area contributed by atoms with E-state index in [0.717, 1.165) is 29.6 Å². The van der Waals surface area contributed by atoms with Crippen LogP contribution in [0.5, 0.6) is 0 Å². The van der Waals surface area contributed by atoms with Crippen molar-refractivity contribution < 1.29 is 9.53 Å². The van der Waals surface area contributed by atoms with Crippen molar-refractivity contribution in [3.63, 3.8) is 0 Å². The van der Waals surface area contributed by atoms with Gasteiger partial charge in [0, 0.05) is 42.5 Å². The summed E-state index contributed by atoms with van der Waals surface area (Å²) in [5.74, 6) is 0. The van der Waals surface area contributed by atoms with E-state index in [2.05, 4.69) is 48.0 Å². The first-order chi connectivity index (χ1) is 11.6. The molecule has 0 saturated heterocycles. The van der Waals surface area contributed by atoms with E-state index in [1.165, 1.54) is 5.69 Å². The molecule has 0 saturated carbocycles. The predicted molar refractivity (Wildman–Crippen MR) is 97.5 cm³/mol. The number of urea groups is 1. The standard InChI is InChI=1S/C19H25N3O2/c1-4-17-6-5-9-22(17)19(23)20-16-7-8-18-15(13-16)12-14(2)21(18)10-11-24-3/h5-8,12-13,17H,4,9-11H2,1-3H3,(H,20,23)/t17-/m0/s1. The van der Waals surface area contributed by atoms with Crippen LogP contribution in [-0.2, 0) is 11.3 Å². The average Bonchev–Trinajstić information content (AvgIpc) is 3.16. The quantitative estimate of drug-likeness (QED) is 0.850. The number of amides is 2. The number of carbonyl (C=O) groups excluding carboxylic acids is 1. The average molecular weight is 327 g/mol. The molecule has 2 heterocycles. The molecule has 0 fully saturated rings. The third kappa shape index (κ3) is 3.17.